The lowest BCUT2D eigenvalue weighted by Crippen LogP contribution is -2.19. The summed E-state index contributed by atoms with van der Waals surface area (Å²) in [6, 6.07) is 5.64. The fourth-order valence-electron chi connectivity index (χ4n) is 1.98. The highest BCUT2D eigenvalue weighted by atomic mass is 16.6. The summed E-state index contributed by atoms with van der Waals surface area (Å²) in [5.41, 5.74) is 0.880. The molecule has 1 aliphatic rings. The molecule has 2 unspecified atom stereocenters. The van der Waals surface area contributed by atoms with E-state index >= 15 is 0 Å². The molecule has 0 bridgehead atoms. The maximum atomic E-state index is 11.9. The highest BCUT2D eigenvalue weighted by Gasteiger charge is 2.53. The van der Waals surface area contributed by atoms with Gasteiger partial charge < -0.3 is 14.8 Å². The Labute approximate surface area is 132 Å². The van der Waals surface area contributed by atoms with Gasteiger partial charge in [-0.2, -0.15) is 0 Å². The van der Waals surface area contributed by atoms with Crippen LogP contribution in [0.5, 0.6) is 0 Å². The van der Waals surface area contributed by atoms with Crippen molar-refractivity contribution in [1.82, 2.24) is 0 Å². The van der Waals surface area contributed by atoms with Gasteiger partial charge in [0.15, 0.2) is 0 Å². The molecule has 0 heterocycles. The van der Waals surface area contributed by atoms with E-state index in [1.54, 1.807) is 24.3 Å². The van der Waals surface area contributed by atoms with Crippen molar-refractivity contribution in [2.24, 2.45) is 5.92 Å². The molecular formula is C14H17N3O6. The van der Waals surface area contributed by atoms with Crippen molar-refractivity contribution in [2.45, 2.75) is 12.5 Å². The van der Waals surface area contributed by atoms with Crippen molar-refractivity contribution in [1.29, 1.82) is 0 Å². The van der Waals surface area contributed by atoms with Gasteiger partial charge in [0.2, 0.25) is 11.9 Å². The summed E-state index contributed by atoms with van der Waals surface area (Å²) in [6.45, 7) is 0.422. The number of nitrogens with zero attached hydrogens (tertiary/aromatic N) is 1. The normalized spacial score (nSPS) is 18.8. The van der Waals surface area contributed by atoms with Gasteiger partial charge in [-0.05, 0) is 18.2 Å². The number of carbonyl (C=O) groups is 2. The van der Waals surface area contributed by atoms with Crippen molar-refractivity contribution in [3.8, 4) is 0 Å². The Morgan fingerprint density at radius 2 is 2.00 bits per heavy atom. The number of benzene rings is 1. The van der Waals surface area contributed by atoms with Crippen LogP contribution < -0.4 is 10.6 Å². The van der Waals surface area contributed by atoms with Crippen LogP contribution in [0.25, 0.3) is 0 Å². The van der Waals surface area contributed by atoms with E-state index < -0.39 is 28.9 Å². The second-order valence-corrected chi connectivity index (χ2v) is 5.02. The molecule has 1 fully saturated rings. The van der Waals surface area contributed by atoms with Crippen LogP contribution in [0, 0.1) is 16.0 Å². The number of carbonyl (C=O) groups excluding carboxylic acids is 2. The zero-order chi connectivity index (χ0) is 16.8. The van der Waals surface area contributed by atoms with Crippen LogP contribution in [0.3, 0.4) is 0 Å². The molecule has 0 aliphatic heterocycles. The van der Waals surface area contributed by atoms with E-state index in [4.69, 9.17) is 9.47 Å². The molecule has 9 heteroatoms. The number of nitro groups is 1. The van der Waals surface area contributed by atoms with E-state index in [1.165, 1.54) is 7.11 Å². The van der Waals surface area contributed by atoms with Gasteiger partial charge in [-0.25, -0.2) is 4.79 Å². The van der Waals surface area contributed by atoms with Gasteiger partial charge in [-0.3, -0.25) is 20.2 Å². The molecule has 2 N–H and O–H groups in total. The summed E-state index contributed by atoms with van der Waals surface area (Å²) in [4.78, 5) is 33.5. The van der Waals surface area contributed by atoms with Gasteiger partial charge in [0.05, 0.1) is 6.61 Å². The molecule has 124 valence electrons. The fraction of sp³-hybridized carbons (Fsp3) is 0.429. The topological polar surface area (TPSA) is 120 Å². The van der Waals surface area contributed by atoms with Crippen molar-refractivity contribution in [3.05, 3.63) is 34.4 Å². The number of hydrogen-bond acceptors (Lipinski definition) is 6. The Bertz CT molecular complexity index is 606. The Morgan fingerprint density at radius 3 is 2.61 bits per heavy atom. The van der Waals surface area contributed by atoms with E-state index in [0.717, 1.165) is 0 Å². The summed E-state index contributed by atoms with van der Waals surface area (Å²) in [5, 5.41) is 15.7. The highest BCUT2D eigenvalue weighted by Crippen LogP contribution is 2.34. The number of rotatable bonds is 7. The largest absolute Gasteiger partial charge is 0.447 e. The third-order valence-corrected chi connectivity index (χ3v) is 3.26. The van der Waals surface area contributed by atoms with E-state index in [0.29, 0.717) is 18.0 Å². The van der Waals surface area contributed by atoms with Crippen LogP contribution in [0.1, 0.15) is 6.42 Å². The molecule has 0 saturated heterocycles. The first kappa shape index (κ1) is 16.7. The Morgan fingerprint density at radius 1 is 1.30 bits per heavy atom. The molecule has 23 heavy (non-hydrogen) atoms. The molecule has 1 aromatic carbocycles. The lowest BCUT2D eigenvalue weighted by molar-refractivity contribution is -0.497. The third-order valence-electron chi connectivity index (χ3n) is 3.26. The Balaban J connectivity index is 1.86. The lowest BCUT2D eigenvalue weighted by Gasteiger charge is -2.09. The van der Waals surface area contributed by atoms with Crippen LogP contribution in [-0.4, -0.2) is 43.3 Å². The minimum Gasteiger partial charge on any atom is -0.447 e. The molecule has 0 aromatic heterocycles. The maximum Gasteiger partial charge on any atom is 0.411 e. The first-order chi connectivity index (χ1) is 11.0. The third kappa shape index (κ3) is 4.92. The zero-order valence-electron chi connectivity index (χ0n) is 12.5. The van der Waals surface area contributed by atoms with Gasteiger partial charge in [0.25, 0.3) is 0 Å². The summed E-state index contributed by atoms with van der Waals surface area (Å²) in [6.07, 6.45) is -0.385. The van der Waals surface area contributed by atoms with Crippen molar-refractivity contribution in [3.63, 3.8) is 0 Å². The lowest BCUT2D eigenvalue weighted by atomic mass is 10.2. The Kier molecular flexibility index (Phi) is 5.47. The highest BCUT2D eigenvalue weighted by molar-refractivity contribution is 5.95. The molecule has 0 radical (unpaired) electrons. The van der Waals surface area contributed by atoms with Crippen molar-refractivity contribution >= 4 is 23.4 Å². The number of amides is 2. The van der Waals surface area contributed by atoms with Crippen LogP contribution in [0.2, 0.25) is 0 Å². The minimum atomic E-state index is -0.799. The minimum absolute atomic E-state index is 0.128. The molecule has 9 nitrogen and oxygen atoms in total. The molecule has 1 saturated carbocycles. The molecule has 1 aromatic rings. The monoisotopic (exact) mass is 323 g/mol. The Hall–Kier alpha value is -2.68. The number of nitrogens with one attached hydrogen (secondary N) is 2. The molecule has 2 atom stereocenters. The molecule has 0 spiro atoms. The second-order valence-electron chi connectivity index (χ2n) is 5.02. The molecule has 2 rings (SSSR count). The number of methoxy groups -OCH3 is 1. The van der Waals surface area contributed by atoms with Crippen molar-refractivity contribution < 1.29 is 24.0 Å². The zero-order valence-corrected chi connectivity index (χ0v) is 12.5. The summed E-state index contributed by atoms with van der Waals surface area (Å²) in [7, 11) is 1.50. The predicted octanol–water partition coefficient (Wildman–Crippen LogP) is 1.49. The second kappa shape index (κ2) is 7.54. The van der Waals surface area contributed by atoms with Gasteiger partial charge >= 0.3 is 6.09 Å². The van der Waals surface area contributed by atoms with E-state index in [1.807, 2.05) is 0 Å². The number of anilines is 2. The van der Waals surface area contributed by atoms with Gasteiger partial charge in [0, 0.05) is 29.8 Å². The fourth-order valence-corrected chi connectivity index (χ4v) is 1.98. The molecule has 1 aliphatic carbocycles. The van der Waals surface area contributed by atoms with E-state index in [-0.39, 0.29) is 13.0 Å². The molecular weight excluding hydrogens is 306 g/mol. The summed E-state index contributed by atoms with van der Waals surface area (Å²) < 4.78 is 9.62. The average molecular weight is 323 g/mol. The number of ether oxygens (including phenoxy) is 2. The van der Waals surface area contributed by atoms with Gasteiger partial charge in [-0.15, -0.1) is 0 Å². The first-order valence-corrected chi connectivity index (χ1v) is 6.98. The first-order valence-electron chi connectivity index (χ1n) is 6.98. The van der Waals surface area contributed by atoms with Crippen LogP contribution >= 0.6 is 0 Å². The van der Waals surface area contributed by atoms with Crippen molar-refractivity contribution in [2.75, 3.05) is 31.0 Å². The van der Waals surface area contributed by atoms with E-state index in [9.17, 15) is 19.7 Å². The molecule has 2 amide bonds. The maximum absolute atomic E-state index is 11.9. The standard InChI is InChI=1S/C14H17N3O6/c1-22-5-6-23-14(19)16-10-4-2-3-9(7-10)15-13(18)11-8-12(11)17(20)21/h2-4,7,11-12H,5-6,8H2,1H3,(H,15,18)(H,16,19). The smallest absolute Gasteiger partial charge is 0.411 e. The van der Waals surface area contributed by atoms with Gasteiger partial charge in [-0.1, -0.05) is 6.07 Å². The predicted molar refractivity (Wildman–Crippen MR) is 80.8 cm³/mol. The SMILES string of the molecule is COCCOC(=O)Nc1cccc(NC(=O)C2CC2[N+](=O)[O-])c1. The number of hydrogen-bond donors (Lipinski definition) is 2. The van der Waals surface area contributed by atoms with Crippen LogP contribution in [-0.2, 0) is 14.3 Å². The quantitative estimate of drug-likeness (QED) is 0.445. The van der Waals surface area contributed by atoms with Crippen LogP contribution in [0.4, 0.5) is 16.2 Å². The van der Waals surface area contributed by atoms with E-state index in [2.05, 4.69) is 10.6 Å². The van der Waals surface area contributed by atoms with Gasteiger partial charge in [0.1, 0.15) is 12.5 Å². The average Bonchev–Trinajstić information content (AvgIpc) is 3.28. The summed E-state index contributed by atoms with van der Waals surface area (Å²) >= 11 is 0. The van der Waals surface area contributed by atoms with Crippen LogP contribution in [0.15, 0.2) is 24.3 Å². The summed E-state index contributed by atoms with van der Waals surface area (Å²) in [5.74, 6) is -0.993.